The van der Waals surface area contributed by atoms with Crippen LogP contribution in [-0.2, 0) is 9.59 Å². The average Bonchev–Trinajstić information content (AvgIpc) is 3.01. The highest BCUT2D eigenvalue weighted by Crippen LogP contribution is 2.50. The second-order valence-corrected chi connectivity index (χ2v) is 6.31. The first-order valence-electron chi connectivity index (χ1n) is 6.52. The Labute approximate surface area is 116 Å². The van der Waals surface area contributed by atoms with Crippen molar-refractivity contribution < 1.29 is 14.7 Å². The zero-order chi connectivity index (χ0) is 14.0. The normalized spacial score (nSPS) is 22.8. The molecule has 1 aromatic rings. The maximum atomic E-state index is 12.0. The molecular formula is C14H19NO3S. The molecule has 2 N–H and O–H groups in total. The first-order chi connectivity index (χ1) is 8.99. The molecule has 4 nitrogen and oxygen atoms in total. The molecule has 0 aromatic carbocycles. The van der Waals surface area contributed by atoms with E-state index in [2.05, 4.69) is 23.7 Å². The van der Waals surface area contributed by atoms with Crippen molar-refractivity contribution in [3.63, 3.8) is 0 Å². The highest BCUT2D eigenvalue weighted by molar-refractivity contribution is 7.10. The number of amides is 1. The lowest BCUT2D eigenvalue weighted by Crippen LogP contribution is -2.30. The van der Waals surface area contributed by atoms with E-state index in [-0.39, 0.29) is 24.2 Å². The van der Waals surface area contributed by atoms with Crippen LogP contribution >= 0.6 is 11.3 Å². The monoisotopic (exact) mass is 281 g/mol. The van der Waals surface area contributed by atoms with Crippen molar-refractivity contribution in [2.45, 2.75) is 32.6 Å². The number of rotatable bonds is 6. The molecule has 1 saturated carbocycles. The first kappa shape index (κ1) is 14.1. The zero-order valence-corrected chi connectivity index (χ0v) is 12.0. The van der Waals surface area contributed by atoms with Crippen molar-refractivity contribution in [2.75, 3.05) is 6.54 Å². The summed E-state index contributed by atoms with van der Waals surface area (Å²) in [7, 11) is 0. The van der Waals surface area contributed by atoms with Crippen molar-refractivity contribution in [2.24, 2.45) is 11.8 Å². The molecule has 1 aromatic heterocycles. The molecule has 0 spiro atoms. The van der Waals surface area contributed by atoms with Crippen molar-refractivity contribution in [3.05, 3.63) is 21.9 Å². The minimum absolute atomic E-state index is 0.0258. The third-order valence-electron chi connectivity index (χ3n) is 3.51. The lowest BCUT2D eigenvalue weighted by molar-refractivity contribution is -0.138. The summed E-state index contributed by atoms with van der Waals surface area (Å²) >= 11 is 1.72. The summed E-state index contributed by atoms with van der Waals surface area (Å²) in [5, 5.41) is 13.6. The molecule has 5 heteroatoms. The summed E-state index contributed by atoms with van der Waals surface area (Å²) in [5.74, 6) is -0.332. The summed E-state index contributed by atoms with van der Waals surface area (Å²) in [6.45, 7) is 4.36. The second-order valence-electron chi connectivity index (χ2n) is 5.36. The topological polar surface area (TPSA) is 66.4 Å². The van der Waals surface area contributed by atoms with Crippen LogP contribution < -0.4 is 5.32 Å². The molecule has 1 aliphatic carbocycles. The van der Waals surface area contributed by atoms with Crippen LogP contribution in [0.3, 0.4) is 0 Å². The van der Waals surface area contributed by atoms with Gasteiger partial charge < -0.3 is 10.4 Å². The molecule has 1 amide bonds. The van der Waals surface area contributed by atoms with Crippen LogP contribution in [-0.4, -0.2) is 23.5 Å². The van der Waals surface area contributed by atoms with Gasteiger partial charge in [0.25, 0.3) is 0 Å². The number of hydrogen-bond donors (Lipinski definition) is 2. The lowest BCUT2D eigenvalue weighted by Gasteiger charge is -2.10. The van der Waals surface area contributed by atoms with Crippen LogP contribution in [0.5, 0.6) is 0 Å². The molecule has 1 aliphatic rings. The van der Waals surface area contributed by atoms with Gasteiger partial charge in [-0.15, -0.1) is 11.3 Å². The van der Waals surface area contributed by atoms with E-state index in [0.29, 0.717) is 12.5 Å². The number of aliphatic carboxylic acids is 1. The van der Waals surface area contributed by atoms with Gasteiger partial charge in [0, 0.05) is 29.7 Å². The summed E-state index contributed by atoms with van der Waals surface area (Å²) in [6, 6.07) is 2.09. The Morgan fingerprint density at radius 2 is 2.32 bits per heavy atom. The Balaban J connectivity index is 1.77. The maximum Gasteiger partial charge on any atom is 0.303 e. The van der Waals surface area contributed by atoms with E-state index < -0.39 is 5.97 Å². The smallest absolute Gasteiger partial charge is 0.303 e. The lowest BCUT2D eigenvalue weighted by atomic mass is 10.1. The molecule has 0 radical (unpaired) electrons. The highest BCUT2D eigenvalue weighted by Gasteiger charge is 2.45. The maximum absolute atomic E-state index is 12.0. The number of carboxylic acid groups (broad SMARTS) is 1. The summed E-state index contributed by atoms with van der Waals surface area (Å²) in [5.41, 5.74) is 1.27. The molecule has 3 unspecified atom stereocenters. The van der Waals surface area contributed by atoms with Crippen molar-refractivity contribution in [3.8, 4) is 0 Å². The van der Waals surface area contributed by atoms with Crippen LogP contribution in [0.4, 0.5) is 0 Å². The third-order valence-corrected chi connectivity index (χ3v) is 4.66. The predicted molar refractivity (Wildman–Crippen MR) is 74.3 cm³/mol. The van der Waals surface area contributed by atoms with Gasteiger partial charge >= 0.3 is 5.97 Å². The molecule has 19 heavy (non-hydrogen) atoms. The van der Waals surface area contributed by atoms with E-state index >= 15 is 0 Å². The van der Waals surface area contributed by atoms with E-state index in [4.69, 9.17) is 5.11 Å². The Bertz CT molecular complexity index is 483. The van der Waals surface area contributed by atoms with Gasteiger partial charge in [0.1, 0.15) is 0 Å². The molecule has 0 bridgehead atoms. The number of thiophene rings is 1. The van der Waals surface area contributed by atoms with Gasteiger partial charge in [-0.2, -0.15) is 0 Å². The molecule has 2 rings (SSSR count). The fourth-order valence-corrected chi connectivity index (χ4v) is 3.42. The van der Waals surface area contributed by atoms with Crippen LogP contribution in [0, 0.1) is 18.8 Å². The Kier molecular flexibility index (Phi) is 4.24. The van der Waals surface area contributed by atoms with Crippen molar-refractivity contribution >= 4 is 23.2 Å². The van der Waals surface area contributed by atoms with Crippen LogP contribution in [0.1, 0.15) is 36.1 Å². The van der Waals surface area contributed by atoms with Gasteiger partial charge in [-0.05, 0) is 36.3 Å². The standard InChI is InChI=1S/C14H19NO3S/c1-8(5-12(16)17)7-15-14(18)11-6-10(11)13-9(2)3-4-19-13/h3-4,8,10-11H,5-7H2,1-2H3,(H,15,18)(H,16,17). The molecule has 1 fully saturated rings. The summed E-state index contributed by atoms with van der Waals surface area (Å²) < 4.78 is 0. The average molecular weight is 281 g/mol. The van der Waals surface area contributed by atoms with Gasteiger partial charge in [-0.1, -0.05) is 6.92 Å². The van der Waals surface area contributed by atoms with Crippen LogP contribution in [0.25, 0.3) is 0 Å². The Morgan fingerprint density at radius 1 is 1.58 bits per heavy atom. The number of carbonyl (C=O) groups is 2. The predicted octanol–water partition coefficient (Wildman–Crippen LogP) is 2.39. The fraction of sp³-hybridized carbons (Fsp3) is 0.571. The minimum Gasteiger partial charge on any atom is -0.481 e. The number of hydrogen-bond acceptors (Lipinski definition) is 3. The summed E-state index contributed by atoms with van der Waals surface area (Å²) in [4.78, 5) is 23.8. The van der Waals surface area contributed by atoms with Gasteiger partial charge in [0.15, 0.2) is 0 Å². The second kappa shape index (κ2) is 5.74. The number of aryl methyl sites for hydroxylation is 1. The third kappa shape index (κ3) is 3.56. The van der Waals surface area contributed by atoms with E-state index in [1.54, 1.807) is 11.3 Å². The van der Waals surface area contributed by atoms with E-state index in [1.165, 1.54) is 10.4 Å². The fourth-order valence-electron chi connectivity index (χ4n) is 2.32. The van der Waals surface area contributed by atoms with Crippen molar-refractivity contribution in [1.82, 2.24) is 5.32 Å². The van der Waals surface area contributed by atoms with Crippen molar-refractivity contribution in [1.29, 1.82) is 0 Å². The van der Waals surface area contributed by atoms with E-state index in [9.17, 15) is 9.59 Å². The number of carboxylic acids is 1. The number of carbonyl (C=O) groups excluding carboxylic acids is 1. The molecular weight excluding hydrogens is 262 g/mol. The first-order valence-corrected chi connectivity index (χ1v) is 7.40. The van der Waals surface area contributed by atoms with Gasteiger partial charge in [-0.25, -0.2) is 0 Å². The zero-order valence-electron chi connectivity index (χ0n) is 11.2. The molecule has 104 valence electrons. The molecule has 1 heterocycles. The Morgan fingerprint density at radius 3 is 2.89 bits per heavy atom. The van der Waals surface area contributed by atoms with Crippen LogP contribution in [0.2, 0.25) is 0 Å². The van der Waals surface area contributed by atoms with Gasteiger partial charge in [-0.3, -0.25) is 9.59 Å². The van der Waals surface area contributed by atoms with E-state index in [0.717, 1.165) is 6.42 Å². The van der Waals surface area contributed by atoms with Gasteiger partial charge in [0.05, 0.1) is 0 Å². The highest BCUT2D eigenvalue weighted by atomic mass is 32.1. The molecule has 0 aliphatic heterocycles. The van der Waals surface area contributed by atoms with Gasteiger partial charge in [0.2, 0.25) is 5.91 Å². The minimum atomic E-state index is -0.819. The van der Waals surface area contributed by atoms with E-state index in [1.807, 2.05) is 6.92 Å². The summed E-state index contributed by atoms with van der Waals surface area (Å²) in [6.07, 6.45) is 1.01. The molecule has 0 saturated heterocycles. The van der Waals surface area contributed by atoms with Crippen LogP contribution in [0.15, 0.2) is 11.4 Å². The number of nitrogens with one attached hydrogen (secondary N) is 1. The quantitative estimate of drug-likeness (QED) is 0.841. The SMILES string of the molecule is Cc1ccsc1C1CC1C(=O)NCC(C)CC(=O)O. The largest absolute Gasteiger partial charge is 0.481 e. The Hall–Kier alpha value is -1.36. The molecule has 3 atom stereocenters.